The number of pyridine rings is 8. The van der Waals surface area contributed by atoms with Gasteiger partial charge in [0.05, 0.1) is 22.3 Å². The van der Waals surface area contributed by atoms with Crippen LogP contribution in [0.3, 0.4) is 0 Å². The molecule has 2 fully saturated rings. The van der Waals surface area contributed by atoms with E-state index in [0.29, 0.717) is 34.7 Å². The van der Waals surface area contributed by atoms with E-state index in [9.17, 15) is 0 Å². The van der Waals surface area contributed by atoms with E-state index in [0.717, 1.165) is 77.2 Å². The molecule has 0 spiro atoms. The van der Waals surface area contributed by atoms with E-state index in [1.54, 1.807) is 18.6 Å². The number of aryl methyl sites for hydroxylation is 9. The van der Waals surface area contributed by atoms with Crippen LogP contribution in [-0.4, -0.2) is 19.9 Å². The molecule has 12 nitrogen and oxygen atoms in total. The zero-order chi connectivity index (χ0) is 79.4. The van der Waals surface area contributed by atoms with Crippen LogP contribution in [0, 0.1) is 34.6 Å². The summed E-state index contributed by atoms with van der Waals surface area (Å²) < 4.78 is 34.4. The first-order valence-corrected chi connectivity index (χ1v) is 41.2. The Labute approximate surface area is 675 Å². The molecule has 22 rings (SSSR count). The van der Waals surface area contributed by atoms with E-state index in [1.807, 2.05) is 30.5 Å². The van der Waals surface area contributed by atoms with E-state index in [-0.39, 0.29) is 5.41 Å². The van der Waals surface area contributed by atoms with Crippen molar-refractivity contribution in [2.24, 2.45) is 28.2 Å². The van der Waals surface area contributed by atoms with Gasteiger partial charge in [-0.3, -0.25) is 0 Å². The molecule has 116 heavy (non-hydrogen) atoms. The second kappa shape index (κ2) is 29.6. The maximum Gasteiger partial charge on any atom is 0.227 e. The number of furan rings is 4. The minimum Gasteiger partial charge on any atom is -0.437 e. The maximum absolute atomic E-state index is 6.44. The summed E-state index contributed by atoms with van der Waals surface area (Å²) in [7, 11) is 8.46. The van der Waals surface area contributed by atoms with Gasteiger partial charge in [0.2, 0.25) is 45.6 Å². The van der Waals surface area contributed by atoms with Gasteiger partial charge in [0.1, 0.15) is 28.2 Å². The van der Waals surface area contributed by atoms with E-state index in [2.05, 4.69) is 316 Å². The molecule has 12 aromatic heterocycles. The molecule has 20 aromatic rings. The molecule has 2 aliphatic rings. The molecule has 12 heterocycles. The maximum atomic E-state index is 6.44. The van der Waals surface area contributed by atoms with Gasteiger partial charge in [-0.2, -0.15) is 0 Å². The Kier molecular flexibility index (Phi) is 18.7. The number of fused-ring (bicyclic) bond motifs is 20. The first-order chi connectivity index (χ1) is 56.4. The van der Waals surface area contributed by atoms with E-state index < -0.39 is 0 Å². The topological polar surface area (TPSA) is 120 Å². The summed E-state index contributed by atoms with van der Waals surface area (Å²) in [5.74, 6) is 1.35. The van der Waals surface area contributed by atoms with Crippen LogP contribution in [0.2, 0.25) is 0 Å². The van der Waals surface area contributed by atoms with Gasteiger partial charge < -0.3 is 17.7 Å². The average Bonchev–Trinajstić information content (AvgIpc) is 1.51. The Morgan fingerprint density at radius 3 is 0.922 bits per heavy atom. The summed E-state index contributed by atoms with van der Waals surface area (Å²) in [6.07, 6.45) is 27.9. The molecule has 2 aliphatic carbocycles. The van der Waals surface area contributed by atoms with Crippen LogP contribution in [-0.2, 0) is 33.6 Å². The number of hydrogen-bond acceptors (Lipinski definition) is 8. The SMILES string of the molecule is Cc1c(-c2cc(C(C)(C)C)cc[n+]2C)c2oc3ncccc3c2c2ccccc12.Cc1c(-c2cc(C3CCCC3)cc[n+]2C)c2oc3ncccc3c2c2ccccc12.Cc1c(-c2cc(C3CCCCC3)cc[n+]2C)c2oc3ncccc3c2c2ccccc12.Cc1ccc(-c2c(C)c3ccccc3c3c2oc2ncccc23)[n+](C)c1. The average molecular weight is 1520 g/mol. The Hall–Kier alpha value is -12.8. The molecule has 0 bridgehead atoms. The summed E-state index contributed by atoms with van der Waals surface area (Å²) >= 11 is 0. The molecule has 2 saturated carbocycles. The van der Waals surface area contributed by atoms with Crippen LogP contribution in [0.5, 0.6) is 0 Å². The van der Waals surface area contributed by atoms with Gasteiger partial charge in [-0.15, -0.1) is 0 Å². The molecular formula is C104H96N8O4+4. The highest BCUT2D eigenvalue weighted by Gasteiger charge is 2.32. The van der Waals surface area contributed by atoms with Crippen molar-refractivity contribution in [1.82, 2.24) is 19.9 Å². The van der Waals surface area contributed by atoms with Crippen molar-refractivity contribution in [3.63, 3.8) is 0 Å². The summed E-state index contributed by atoms with van der Waals surface area (Å²) in [6.45, 7) is 17.7. The monoisotopic (exact) mass is 1520 g/mol. The Morgan fingerprint density at radius 1 is 0.302 bits per heavy atom. The van der Waals surface area contributed by atoms with Crippen LogP contribution in [0.1, 0.15) is 135 Å². The van der Waals surface area contributed by atoms with E-state index >= 15 is 0 Å². The molecule has 0 saturated heterocycles. The Morgan fingerprint density at radius 2 is 0.595 bits per heavy atom. The second-order valence-corrected chi connectivity index (χ2v) is 33.4. The summed E-state index contributed by atoms with van der Waals surface area (Å²) in [6, 6.07) is 69.1. The van der Waals surface area contributed by atoms with Crippen molar-refractivity contribution >= 4 is 131 Å². The summed E-state index contributed by atoms with van der Waals surface area (Å²) in [5.41, 5.74) is 26.4. The molecule has 8 aromatic carbocycles. The van der Waals surface area contributed by atoms with E-state index in [4.69, 9.17) is 17.7 Å². The van der Waals surface area contributed by atoms with Crippen molar-refractivity contribution in [2.45, 2.75) is 130 Å². The third kappa shape index (κ3) is 12.6. The van der Waals surface area contributed by atoms with Gasteiger partial charge in [0.15, 0.2) is 47.1 Å². The van der Waals surface area contributed by atoms with Gasteiger partial charge >= 0.3 is 0 Å². The highest BCUT2D eigenvalue weighted by atomic mass is 16.4. The number of hydrogen-bond donors (Lipinski definition) is 0. The van der Waals surface area contributed by atoms with Gasteiger partial charge in [0.25, 0.3) is 0 Å². The third-order valence-electron chi connectivity index (χ3n) is 25.2. The number of rotatable bonds is 6. The fourth-order valence-corrected chi connectivity index (χ4v) is 19.2. The quantitative estimate of drug-likeness (QED) is 0.151. The largest absolute Gasteiger partial charge is 0.437 e. The van der Waals surface area contributed by atoms with E-state index in [1.165, 1.54) is 179 Å². The predicted molar refractivity (Wildman–Crippen MR) is 472 cm³/mol. The standard InChI is InChI=1S/C28H27N2O.C27H25N2O.C26H25N2O.C23H19N2O/c1-18-21-11-6-7-12-22(21)26-23-13-8-15-29-28(23)31-27(26)25(18)24-17-20(14-16-30(24)2)19-9-4-3-5-10-19;1-17-20-10-5-6-11-21(20)25-22-12-7-14-28-27(22)30-26(25)24(17)23-16-19(13-15-29(23)2)18-8-3-4-9-18;1-16-18-9-6-7-10-19(18)23-20-11-8-13-27-25(20)29-24(23)22(16)21-15-17(26(2,3)4)12-14-28(21)5;1-14-10-11-19(25(3)13-14)20-15(2)16-7-4-5-8-17(16)21-18-9-6-12-24-23(18)26-22(20)21/h6-8,11-17,19H,3-5,9-10H2,1-2H3;5-7,10-16,18H,3-4,8-9H2,1-2H3;6-15H,1-5H3;4-13H,1-3H3/q4*+1. The van der Waals surface area contributed by atoms with Crippen LogP contribution in [0.15, 0.2) is 261 Å². The lowest BCUT2D eigenvalue weighted by Gasteiger charge is -2.22. The minimum atomic E-state index is 0.0717. The van der Waals surface area contributed by atoms with Crippen LogP contribution in [0.4, 0.5) is 0 Å². The van der Waals surface area contributed by atoms with Gasteiger partial charge in [-0.05, 0) is 214 Å². The van der Waals surface area contributed by atoms with Gasteiger partial charge in [0, 0.05) is 116 Å². The Bertz CT molecular complexity index is 7320. The lowest BCUT2D eigenvalue weighted by atomic mass is 9.83. The molecule has 12 heteroatoms. The molecule has 0 atom stereocenters. The van der Waals surface area contributed by atoms with Crippen LogP contribution >= 0.6 is 0 Å². The zero-order valence-corrected chi connectivity index (χ0v) is 68.3. The zero-order valence-electron chi connectivity index (χ0n) is 68.3. The minimum absolute atomic E-state index is 0.0717. The molecule has 0 N–H and O–H groups in total. The third-order valence-corrected chi connectivity index (χ3v) is 25.2. The van der Waals surface area contributed by atoms with Crippen molar-refractivity contribution < 1.29 is 35.9 Å². The molecule has 572 valence electrons. The molecule has 0 amide bonds. The lowest BCUT2D eigenvalue weighted by Crippen LogP contribution is -2.32. The smallest absolute Gasteiger partial charge is 0.227 e. The second-order valence-electron chi connectivity index (χ2n) is 33.4. The lowest BCUT2D eigenvalue weighted by molar-refractivity contribution is -0.660. The molecular weight excluding hydrogens is 1430 g/mol. The summed E-state index contributed by atoms with van der Waals surface area (Å²) in [5, 5.41) is 18.9. The number of benzene rings is 8. The fourth-order valence-electron chi connectivity index (χ4n) is 19.2. The number of aromatic nitrogens is 8. The van der Waals surface area contributed by atoms with Crippen molar-refractivity contribution in [3.8, 4) is 45.0 Å². The molecule has 0 radical (unpaired) electrons. The normalized spacial score (nSPS) is 13.7. The summed E-state index contributed by atoms with van der Waals surface area (Å²) in [4.78, 5) is 18.0. The van der Waals surface area contributed by atoms with Crippen LogP contribution in [0.25, 0.3) is 176 Å². The first-order valence-electron chi connectivity index (χ1n) is 41.2. The predicted octanol–water partition coefficient (Wildman–Crippen LogP) is 25.0. The van der Waals surface area contributed by atoms with Crippen molar-refractivity contribution in [1.29, 1.82) is 0 Å². The highest BCUT2D eigenvalue weighted by Crippen LogP contribution is 2.49. The van der Waals surface area contributed by atoms with Crippen LogP contribution < -0.4 is 18.3 Å². The van der Waals surface area contributed by atoms with Crippen molar-refractivity contribution in [2.75, 3.05) is 0 Å². The highest BCUT2D eigenvalue weighted by molar-refractivity contribution is 6.26. The Balaban J connectivity index is 0.000000103. The van der Waals surface area contributed by atoms with Gasteiger partial charge in [-0.25, -0.2) is 38.2 Å². The first kappa shape index (κ1) is 73.4. The van der Waals surface area contributed by atoms with Crippen molar-refractivity contribution in [3.05, 3.63) is 288 Å². The fraction of sp³-hybridized carbons (Fsp3) is 0.231. The molecule has 0 unspecified atom stereocenters. The molecule has 0 aliphatic heterocycles. The van der Waals surface area contributed by atoms with Gasteiger partial charge in [-0.1, -0.05) is 150 Å². The number of nitrogens with zero attached hydrogens (tertiary/aromatic N) is 8.